The molecule has 3 aliphatic rings. The Labute approximate surface area is 167 Å². The number of ether oxygens (including phenoxy) is 4. The van der Waals surface area contributed by atoms with Gasteiger partial charge in [0.1, 0.15) is 11.4 Å². The van der Waals surface area contributed by atoms with Gasteiger partial charge in [-0.3, -0.25) is 4.79 Å². The van der Waals surface area contributed by atoms with Gasteiger partial charge in [0.25, 0.3) is 0 Å². The maximum atomic E-state index is 12.8. The van der Waals surface area contributed by atoms with E-state index in [0.717, 1.165) is 47.5 Å². The SMILES string of the molecule is COc1c2c(c(OC)c(C(C)C)c1OC)C=C[C@H]1[C@]3(CCC[C@]1(C)C(=O)O3)C2. The molecule has 28 heavy (non-hydrogen) atoms. The van der Waals surface area contributed by atoms with E-state index in [1.165, 1.54) is 0 Å². The molecule has 1 aliphatic heterocycles. The van der Waals surface area contributed by atoms with Crippen LogP contribution in [-0.4, -0.2) is 32.9 Å². The molecule has 1 aromatic carbocycles. The highest BCUT2D eigenvalue weighted by atomic mass is 16.6. The van der Waals surface area contributed by atoms with Gasteiger partial charge >= 0.3 is 5.97 Å². The summed E-state index contributed by atoms with van der Waals surface area (Å²) < 4.78 is 23.7. The molecule has 4 rings (SSSR count). The zero-order valence-electron chi connectivity index (χ0n) is 17.7. The van der Waals surface area contributed by atoms with Crippen LogP contribution in [0.15, 0.2) is 6.08 Å². The van der Waals surface area contributed by atoms with Crippen molar-refractivity contribution in [2.45, 2.75) is 58.0 Å². The van der Waals surface area contributed by atoms with Gasteiger partial charge in [-0.15, -0.1) is 0 Å². The van der Waals surface area contributed by atoms with Gasteiger partial charge in [0, 0.05) is 29.0 Å². The number of rotatable bonds is 4. The molecule has 3 atom stereocenters. The molecule has 5 heteroatoms. The third-order valence-corrected chi connectivity index (χ3v) is 6.97. The van der Waals surface area contributed by atoms with E-state index < -0.39 is 11.0 Å². The Hall–Kier alpha value is -2.17. The second-order valence-corrected chi connectivity index (χ2v) is 8.80. The van der Waals surface area contributed by atoms with Crippen LogP contribution >= 0.6 is 0 Å². The molecule has 0 spiro atoms. The summed E-state index contributed by atoms with van der Waals surface area (Å²) in [6.45, 7) is 6.29. The molecule has 1 heterocycles. The number of hydrogen-bond donors (Lipinski definition) is 0. The lowest BCUT2D eigenvalue weighted by atomic mass is 9.62. The van der Waals surface area contributed by atoms with Gasteiger partial charge in [0.15, 0.2) is 11.5 Å². The molecule has 1 saturated carbocycles. The van der Waals surface area contributed by atoms with Crippen molar-refractivity contribution in [3.63, 3.8) is 0 Å². The summed E-state index contributed by atoms with van der Waals surface area (Å²) in [5.41, 5.74) is 2.04. The molecule has 2 bridgehead atoms. The molecule has 0 unspecified atom stereocenters. The summed E-state index contributed by atoms with van der Waals surface area (Å²) in [6, 6.07) is 0. The molecule has 0 amide bonds. The highest BCUT2D eigenvalue weighted by Crippen LogP contribution is 2.60. The van der Waals surface area contributed by atoms with E-state index in [0.29, 0.717) is 12.2 Å². The van der Waals surface area contributed by atoms with Gasteiger partial charge in [-0.2, -0.15) is 0 Å². The highest BCUT2D eigenvalue weighted by molar-refractivity contribution is 5.83. The van der Waals surface area contributed by atoms with E-state index in [9.17, 15) is 4.79 Å². The number of esters is 1. The van der Waals surface area contributed by atoms with E-state index in [2.05, 4.69) is 32.9 Å². The van der Waals surface area contributed by atoms with Crippen LogP contribution in [0.25, 0.3) is 6.08 Å². The molecule has 2 fully saturated rings. The molecule has 0 N–H and O–H groups in total. The summed E-state index contributed by atoms with van der Waals surface area (Å²) in [5.74, 6) is 2.43. The van der Waals surface area contributed by atoms with Crippen LogP contribution in [0.1, 0.15) is 62.6 Å². The Morgan fingerprint density at radius 2 is 1.75 bits per heavy atom. The smallest absolute Gasteiger partial charge is 0.313 e. The Morgan fingerprint density at radius 1 is 1.07 bits per heavy atom. The van der Waals surface area contributed by atoms with Gasteiger partial charge in [0.2, 0.25) is 0 Å². The lowest BCUT2D eigenvalue weighted by molar-refractivity contribution is -0.152. The van der Waals surface area contributed by atoms with Crippen LogP contribution in [0.2, 0.25) is 0 Å². The molecule has 2 aliphatic carbocycles. The fourth-order valence-corrected chi connectivity index (χ4v) is 5.69. The molecule has 0 radical (unpaired) electrons. The highest BCUT2D eigenvalue weighted by Gasteiger charge is 2.64. The molecule has 5 nitrogen and oxygen atoms in total. The largest absolute Gasteiger partial charge is 0.496 e. The van der Waals surface area contributed by atoms with Crippen molar-refractivity contribution < 1.29 is 23.7 Å². The second-order valence-electron chi connectivity index (χ2n) is 8.80. The lowest BCUT2D eigenvalue weighted by Gasteiger charge is -2.39. The van der Waals surface area contributed by atoms with Crippen molar-refractivity contribution in [3.8, 4) is 17.2 Å². The molecule has 1 aromatic rings. The van der Waals surface area contributed by atoms with Crippen molar-refractivity contribution in [2.24, 2.45) is 11.3 Å². The summed E-state index contributed by atoms with van der Waals surface area (Å²) in [4.78, 5) is 12.8. The minimum atomic E-state index is -0.519. The Kier molecular flexibility index (Phi) is 4.40. The van der Waals surface area contributed by atoms with Gasteiger partial charge < -0.3 is 18.9 Å². The first-order valence-electron chi connectivity index (χ1n) is 10.1. The summed E-state index contributed by atoms with van der Waals surface area (Å²) in [5, 5.41) is 0. The zero-order valence-corrected chi connectivity index (χ0v) is 17.7. The van der Waals surface area contributed by atoms with Crippen LogP contribution in [-0.2, 0) is 16.0 Å². The Morgan fingerprint density at radius 3 is 2.36 bits per heavy atom. The van der Waals surface area contributed by atoms with Crippen molar-refractivity contribution in [1.29, 1.82) is 0 Å². The van der Waals surface area contributed by atoms with Gasteiger partial charge in [-0.25, -0.2) is 0 Å². The first-order valence-corrected chi connectivity index (χ1v) is 10.1. The number of carbonyl (C=O) groups excluding carboxylic acids is 1. The molecule has 152 valence electrons. The van der Waals surface area contributed by atoms with Crippen LogP contribution in [0.4, 0.5) is 0 Å². The maximum Gasteiger partial charge on any atom is 0.313 e. The minimum absolute atomic E-state index is 0.0524. The monoisotopic (exact) mass is 386 g/mol. The molecule has 1 saturated heterocycles. The molecule has 0 aromatic heterocycles. The fraction of sp³-hybridized carbons (Fsp3) is 0.609. The number of methoxy groups -OCH3 is 3. The topological polar surface area (TPSA) is 54.0 Å². The van der Waals surface area contributed by atoms with E-state index >= 15 is 0 Å². The lowest BCUT2D eigenvalue weighted by Crippen LogP contribution is -2.44. The van der Waals surface area contributed by atoms with E-state index in [4.69, 9.17) is 18.9 Å². The van der Waals surface area contributed by atoms with Crippen molar-refractivity contribution in [1.82, 2.24) is 0 Å². The van der Waals surface area contributed by atoms with E-state index in [-0.39, 0.29) is 17.8 Å². The zero-order chi connectivity index (χ0) is 20.3. The van der Waals surface area contributed by atoms with Gasteiger partial charge in [-0.1, -0.05) is 26.0 Å². The van der Waals surface area contributed by atoms with Crippen molar-refractivity contribution in [3.05, 3.63) is 22.8 Å². The second kappa shape index (κ2) is 6.43. The Bertz CT molecular complexity index is 855. The minimum Gasteiger partial charge on any atom is -0.496 e. The van der Waals surface area contributed by atoms with Crippen molar-refractivity contribution in [2.75, 3.05) is 21.3 Å². The number of carbonyl (C=O) groups is 1. The predicted octanol–water partition coefficient (Wildman–Crippen LogP) is 4.51. The first-order chi connectivity index (χ1) is 13.3. The van der Waals surface area contributed by atoms with E-state index in [1.54, 1.807) is 21.3 Å². The number of hydrogen-bond acceptors (Lipinski definition) is 5. The molecular weight excluding hydrogens is 356 g/mol. The third kappa shape index (κ3) is 2.34. The fourth-order valence-electron chi connectivity index (χ4n) is 5.69. The normalized spacial score (nSPS) is 30.4. The maximum absolute atomic E-state index is 12.8. The predicted molar refractivity (Wildman–Crippen MR) is 107 cm³/mol. The number of benzene rings is 1. The quantitative estimate of drug-likeness (QED) is 0.713. The van der Waals surface area contributed by atoms with Crippen LogP contribution in [0, 0.1) is 11.3 Å². The summed E-state index contributed by atoms with van der Waals surface area (Å²) in [6.07, 6.45) is 7.61. The molecular formula is C23H30O5. The average molecular weight is 386 g/mol. The average Bonchev–Trinajstić information content (AvgIpc) is 2.79. The van der Waals surface area contributed by atoms with Crippen LogP contribution in [0.3, 0.4) is 0 Å². The Balaban J connectivity index is 2.00. The summed E-state index contributed by atoms with van der Waals surface area (Å²) >= 11 is 0. The number of fused-ring (bicyclic) bond motifs is 1. The van der Waals surface area contributed by atoms with Crippen molar-refractivity contribution >= 4 is 12.0 Å². The first kappa shape index (κ1) is 19.2. The van der Waals surface area contributed by atoms with Crippen LogP contribution < -0.4 is 14.2 Å². The summed E-state index contributed by atoms with van der Waals surface area (Å²) in [7, 11) is 5.03. The van der Waals surface area contributed by atoms with Gasteiger partial charge in [-0.05, 0) is 32.1 Å². The standard InChI is InChI=1S/C23H30O5/c1-13(2)17-18(25-4)14-8-9-16-22(3)10-7-11-23(16,28-21(22)24)12-15(14)19(26-5)20(17)27-6/h8-9,13,16H,7,10-12H2,1-6H3/t16-,22+,23+/m1/s1. The van der Waals surface area contributed by atoms with Crippen LogP contribution in [0.5, 0.6) is 17.2 Å². The third-order valence-electron chi connectivity index (χ3n) is 6.97. The van der Waals surface area contributed by atoms with Gasteiger partial charge in [0.05, 0.1) is 26.7 Å². The van der Waals surface area contributed by atoms with E-state index in [1.807, 2.05) is 0 Å².